The van der Waals surface area contributed by atoms with Gasteiger partial charge in [-0.25, -0.2) is 9.18 Å². The zero-order valence-corrected chi connectivity index (χ0v) is 15.4. The van der Waals surface area contributed by atoms with Gasteiger partial charge in [0.25, 0.3) is 5.91 Å². The minimum Gasteiger partial charge on any atom is -0.480 e. The van der Waals surface area contributed by atoms with E-state index in [4.69, 9.17) is 4.74 Å². The highest BCUT2D eigenvalue weighted by Gasteiger charge is 2.25. The van der Waals surface area contributed by atoms with Gasteiger partial charge in [-0.15, -0.1) is 0 Å². The van der Waals surface area contributed by atoms with E-state index in [1.807, 2.05) is 0 Å². The molecule has 27 heavy (non-hydrogen) atoms. The third-order valence-corrected chi connectivity index (χ3v) is 3.29. The first kappa shape index (κ1) is 22.3. The van der Waals surface area contributed by atoms with Gasteiger partial charge < -0.3 is 19.5 Å². The Balaban J connectivity index is 2.86. The molecular formula is C18H22F3NO5. The molecule has 0 saturated carbocycles. The minimum atomic E-state index is -3.12. The second kappa shape index (κ2) is 9.84. The fraction of sp³-hybridized carbons (Fsp3) is 0.444. The van der Waals surface area contributed by atoms with Crippen LogP contribution in [0.3, 0.4) is 0 Å². The Bertz CT molecular complexity index is 692. The van der Waals surface area contributed by atoms with E-state index < -0.39 is 41.7 Å². The molecule has 0 aliphatic carbocycles. The van der Waals surface area contributed by atoms with Gasteiger partial charge in [0.05, 0.1) is 12.6 Å². The lowest BCUT2D eigenvalue weighted by molar-refractivity contribution is -0.135. The van der Waals surface area contributed by atoms with Crippen LogP contribution in [0.25, 0.3) is 0 Å². The van der Waals surface area contributed by atoms with E-state index in [-0.39, 0.29) is 12.2 Å². The predicted octanol–water partition coefficient (Wildman–Crippen LogP) is 3.21. The van der Waals surface area contributed by atoms with Crippen molar-refractivity contribution in [1.82, 2.24) is 5.32 Å². The molecule has 0 heterocycles. The topological polar surface area (TPSA) is 73.9 Å². The van der Waals surface area contributed by atoms with E-state index in [0.717, 1.165) is 18.2 Å². The van der Waals surface area contributed by atoms with Gasteiger partial charge in [0.2, 0.25) is 0 Å². The number of benzene rings is 1. The summed E-state index contributed by atoms with van der Waals surface area (Å²) in [7, 11) is 1.23. The average molecular weight is 389 g/mol. The Labute approximate surface area is 155 Å². The molecule has 0 saturated heterocycles. The molecule has 0 aliphatic heterocycles. The molecule has 6 nitrogen and oxygen atoms in total. The molecule has 0 fully saturated rings. The van der Waals surface area contributed by atoms with Gasteiger partial charge in [-0.1, -0.05) is 13.0 Å². The predicted molar refractivity (Wildman–Crippen MR) is 91.1 cm³/mol. The van der Waals surface area contributed by atoms with Gasteiger partial charge in [0.1, 0.15) is 17.3 Å². The number of amides is 1. The molecule has 0 bridgehead atoms. The van der Waals surface area contributed by atoms with E-state index in [1.54, 1.807) is 20.8 Å². The maximum absolute atomic E-state index is 13.6. The van der Waals surface area contributed by atoms with E-state index in [1.165, 1.54) is 19.3 Å². The highest BCUT2D eigenvalue weighted by molar-refractivity contribution is 5.84. The molecule has 1 atom stereocenters. The molecule has 1 amide bonds. The molecule has 0 spiro atoms. The standard InChI is InChI=1S/C18H22F3NO5/c1-5-14(16(24)22-18(2,3)7-6-15(23)25-4)26-12-8-11(19)9-13(10-12)27-17(20)21/h6-10,14,17H,5H2,1-4H3,(H,22,24)/b7-6+/t14-/m1/s1. The monoisotopic (exact) mass is 389 g/mol. The molecule has 1 rings (SSSR count). The van der Waals surface area contributed by atoms with Crippen LogP contribution in [-0.4, -0.2) is 37.2 Å². The first-order valence-corrected chi connectivity index (χ1v) is 8.07. The normalized spacial score (nSPS) is 12.7. The van der Waals surface area contributed by atoms with Crippen LogP contribution < -0.4 is 14.8 Å². The van der Waals surface area contributed by atoms with Gasteiger partial charge in [0, 0.05) is 24.3 Å². The first-order chi connectivity index (χ1) is 12.6. The zero-order valence-electron chi connectivity index (χ0n) is 15.4. The van der Waals surface area contributed by atoms with Crippen LogP contribution in [-0.2, 0) is 14.3 Å². The Morgan fingerprint density at radius 1 is 1.19 bits per heavy atom. The number of carbonyl (C=O) groups is 2. The molecule has 1 N–H and O–H groups in total. The van der Waals surface area contributed by atoms with Crippen molar-refractivity contribution in [3.05, 3.63) is 36.2 Å². The Morgan fingerprint density at radius 2 is 1.78 bits per heavy atom. The van der Waals surface area contributed by atoms with Crippen molar-refractivity contribution in [2.24, 2.45) is 0 Å². The zero-order chi connectivity index (χ0) is 20.6. The number of hydrogen-bond donors (Lipinski definition) is 1. The van der Waals surface area contributed by atoms with Crippen LogP contribution in [0.5, 0.6) is 11.5 Å². The van der Waals surface area contributed by atoms with E-state index in [9.17, 15) is 22.8 Å². The van der Waals surface area contributed by atoms with Crippen molar-refractivity contribution in [3.63, 3.8) is 0 Å². The number of ether oxygens (including phenoxy) is 3. The second-order valence-electron chi connectivity index (χ2n) is 6.08. The van der Waals surface area contributed by atoms with Crippen LogP contribution in [0.2, 0.25) is 0 Å². The average Bonchev–Trinajstić information content (AvgIpc) is 2.55. The molecule has 9 heteroatoms. The molecular weight excluding hydrogens is 367 g/mol. The lowest BCUT2D eigenvalue weighted by Crippen LogP contribution is -2.48. The van der Waals surface area contributed by atoms with E-state index in [2.05, 4.69) is 14.8 Å². The van der Waals surface area contributed by atoms with Crippen molar-refractivity contribution in [2.45, 2.75) is 45.4 Å². The maximum Gasteiger partial charge on any atom is 0.387 e. The summed E-state index contributed by atoms with van der Waals surface area (Å²) in [6.45, 7) is 1.84. The number of methoxy groups -OCH3 is 1. The van der Waals surface area contributed by atoms with Crippen molar-refractivity contribution >= 4 is 11.9 Å². The number of carbonyl (C=O) groups excluding carboxylic acids is 2. The van der Waals surface area contributed by atoms with Crippen LogP contribution >= 0.6 is 0 Å². The Morgan fingerprint density at radius 3 is 2.30 bits per heavy atom. The summed E-state index contributed by atoms with van der Waals surface area (Å²) in [5.41, 5.74) is -0.895. The number of alkyl halides is 2. The van der Waals surface area contributed by atoms with Gasteiger partial charge in [-0.05, 0) is 20.3 Å². The molecule has 0 radical (unpaired) electrons. The number of rotatable bonds is 9. The molecule has 0 unspecified atom stereocenters. The minimum absolute atomic E-state index is 0.129. The molecule has 0 aliphatic rings. The lowest BCUT2D eigenvalue weighted by atomic mass is 10.0. The third kappa shape index (κ3) is 8.02. The highest BCUT2D eigenvalue weighted by Crippen LogP contribution is 2.25. The molecule has 150 valence electrons. The van der Waals surface area contributed by atoms with Gasteiger partial charge >= 0.3 is 12.6 Å². The smallest absolute Gasteiger partial charge is 0.387 e. The van der Waals surface area contributed by atoms with Crippen LogP contribution in [0.4, 0.5) is 13.2 Å². The molecule has 1 aromatic rings. The number of esters is 1. The summed E-state index contributed by atoms with van der Waals surface area (Å²) >= 11 is 0. The third-order valence-electron chi connectivity index (χ3n) is 3.29. The molecule has 1 aromatic carbocycles. The number of nitrogens with one attached hydrogen (secondary N) is 1. The summed E-state index contributed by atoms with van der Waals surface area (Å²) in [5.74, 6) is -2.50. The van der Waals surface area contributed by atoms with Crippen molar-refractivity contribution in [3.8, 4) is 11.5 Å². The van der Waals surface area contributed by atoms with E-state index in [0.29, 0.717) is 0 Å². The summed E-state index contributed by atoms with van der Waals surface area (Å²) < 4.78 is 52.2. The van der Waals surface area contributed by atoms with Crippen LogP contribution in [0.1, 0.15) is 27.2 Å². The number of hydrogen-bond acceptors (Lipinski definition) is 5. The van der Waals surface area contributed by atoms with Crippen LogP contribution in [0, 0.1) is 5.82 Å². The maximum atomic E-state index is 13.6. The first-order valence-electron chi connectivity index (χ1n) is 8.07. The summed E-state index contributed by atoms with van der Waals surface area (Å²) in [4.78, 5) is 23.6. The molecule has 0 aromatic heterocycles. The summed E-state index contributed by atoms with van der Waals surface area (Å²) in [6.07, 6.45) is 1.82. The summed E-state index contributed by atoms with van der Waals surface area (Å²) in [5, 5.41) is 2.66. The fourth-order valence-electron chi connectivity index (χ4n) is 2.05. The SMILES string of the molecule is CC[C@@H](Oc1cc(F)cc(OC(F)F)c1)C(=O)NC(C)(C)/C=C/C(=O)OC. The largest absolute Gasteiger partial charge is 0.480 e. The number of halogens is 3. The van der Waals surface area contributed by atoms with E-state index >= 15 is 0 Å². The Kier molecular flexibility index (Phi) is 8.14. The fourth-order valence-corrected chi connectivity index (χ4v) is 2.05. The quantitative estimate of drug-likeness (QED) is 0.519. The van der Waals surface area contributed by atoms with Crippen LogP contribution in [0.15, 0.2) is 30.4 Å². The van der Waals surface area contributed by atoms with Crippen molar-refractivity contribution in [1.29, 1.82) is 0 Å². The van der Waals surface area contributed by atoms with Gasteiger partial charge in [-0.2, -0.15) is 8.78 Å². The summed E-state index contributed by atoms with van der Waals surface area (Å²) in [6, 6.07) is 2.80. The van der Waals surface area contributed by atoms with Gasteiger partial charge in [0.15, 0.2) is 6.10 Å². The van der Waals surface area contributed by atoms with Crippen molar-refractivity contribution in [2.75, 3.05) is 7.11 Å². The highest BCUT2D eigenvalue weighted by atomic mass is 19.3. The van der Waals surface area contributed by atoms with Crippen molar-refractivity contribution < 1.29 is 37.0 Å². The Hall–Kier alpha value is -2.71. The lowest BCUT2D eigenvalue weighted by Gasteiger charge is -2.26. The second-order valence-corrected chi connectivity index (χ2v) is 6.08. The van der Waals surface area contributed by atoms with Gasteiger partial charge in [-0.3, -0.25) is 4.79 Å².